The fraction of sp³-hybridized carbons (Fsp3) is 0.544. The zero-order valence-corrected chi connectivity index (χ0v) is 43.5. The van der Waals surface area contributed by atoms with Crippen molar-refractivity contribution < 1.29 is 42.6 Å². The molecular weight excluding hydrogens is 885 g/mol. The third-order valence-electron chi connectivity index (χ3n) is 13.1. The summed E-state index contributed by atoms with van der Waals surface area (Å²) in [4.78, 5) is 4.61. The maximum Gasteiger partial charge on any atom is 0.203 e. The summed E-state index contributed by atoms with van der Waals surface area (Å²) in [6, 6.07) is 27.0. The van der Waals surface area contributed by atoms with Crippen LogP contribution in [-0.4, -0.2) is 114 Å². The maximum absolute atomic E-state index is 10.4. The predicted octanol–water partition coefficient (Wildman–Crippen LogP) is 11.5. The van der Waals surface area contributed by atoms with Gasteiger partial charge in [-0.2, -0.15) is 10.5 Å². The van der Waals surface area contributed by atoms with E-state index in [1.54, 1.807) is 64.0 Å². The third-order valence-corrected chi connectivity index (χ3v) is 13.1. The molecule has 2 unspecified atom stereocenters. The van der Waals surface area contributed by atoms with Gasteiger partial charge in [-0.05, 0) is 148 Å². The first-order valence-corrected chi connectivity index (χ1v) is 23.3. The van der Waals surface area contributed by atoms with Gasteiger partial charge in [-0.3, -0.25) is 0 Å². The van der Waals surface area contributed by atoms with Gasteiger partial charge in [0.1, 0.15) is 0 Å². The minimum Gasteiger partial charge on any atom is -0.493 e. The van der Waals surface area contributed by atoms with Gasteiger partial charge in [0.15, 0.2) is 46.0 Å². The van der Waals surface area contributed by atoms with Crippen molar-refractivity contribution in [3.8, 4) is 63.9 Å². The van der Waals surface area contributed by atoms with Crippen molar-refractivity contribution in [1.29, 1.82) is 10.5 Å². The number of methoxy groups -OCH3 is 9. The Morgan fingerprint density at radius 2 is 0.757 bits per heavy atom. The summed E-state index contributed by atoms with van der Waals surface area (Å²) in [5, 5.41) is 20.6. The van der Waals surface area contributed by atoms with Crippen molar-refractivity contribution in [2.45, 2.75) is 91.9 Å². The van der Waals surface area contributed by atoms with Gasteiger partial charge in [0.25, 0.3) is 0 Å². The van der Waals surface area contributed by atoms with Gasteiger partial charge >= 0.3 is 0 Å². The summed E-state index contributed by atoms with van der Waals surface area (Å²) in [5.74, 6) is 6.23. The lowest BCUT2D eigenvalue weighted by molar-refractivity contribution is 0.290. The number of nitrogens with zero attached hydrogens (tertiary/aromatic N) is 4. The lowest BCUT2D eigenvalue weighted by Crippen LogP contribution is -2.32. The highest BCUT2D eigenvalue weighted by Gasteiger charge is 2.38. The standard InChI is InChI=1S/C28H40N2O5.C27H38N2O4.2CH4/c1-20(2)28(19-29,22-17-25(33-6)27(35-8)26(18-22)34-7)13-9-14-30(3)15-12-21-10-11-23(31-4)24(16-21)32-5;1-20(2)27(19-28,22-10-12-24(31-5)26(18-22)33-7)14-8-15-29(3)16-13-21-9-11-23(30-4)25(17-21)32-6;;/h10-11,16-18,20H,9,12-15H2,1-8H3;9-12,17-18,20H,8,13-16H2,1-7H3;2*1H4. The van der Waals surface area contributed by atoms with Gasteiger partial charge in [0.2, 0.25) is 5.75 Å². The number of rotatable bonds is 27. The van der Waals surface area contributed by atoms with Crippen LogP contribution < -0.4 is 42.6 Å². The number of hydrogen-bond donors (Lipinski definition) is 0. The molecule has 4 rings (SSSR count). The molecular formula is C57H86N4O9. The summed E-state index contributed by atoms with van der Waals surface area (Å²) < 4.78 is 48.9. The van der Waals surface area contributed by atoms with Crippen molar-refractivity contribution in [3.63, 3.8) is 0 Å². The quantitative estimate of drug-likeness (QED) is 0.0561. The molecule has 0 saturated heterocycles. The van der Waals surface area contributed by atoms with Crippen molar-refractivity contribution in [1.82, 2.24) is 9.80 Å². The first-order chi connectivity index (χ1) is 32.6. The molecule has 0 aliphatic heterocycles. The highest BCUT2D eigenvalue weighted by molar-refractivity contribution is 5.56. The molecule has 0 aliphatic rings. The van der Waals surface area contributed by atoms with E-state index in [0.717, 1.165) is 98.8 Å². The number of likely N-dealkylation sites (N-methyl/N-ethyl adjacent to an activating group) is 2. The second-order valence-electron chi connectivity index (χ2n) is 17.7. The van der Waals surface area contributed by atoms with Gasteiger partial charge in [-0.25, -0.2) is 0 Å². The molecule has 4 aromatic carbocycles. The van der Waals surface area contributed by atoms with E-state index in [2.05, 4.69) is 75.9 Å². The monoisotopic (exact) mass is 971 g/mol. The summed E-state index contributed by atoms with van der Waals surface area (Å²) in [7, 11) is 18.8. The molecule has 0 aliphatic carbocycles. The lowest BCUT2D eigenvalue weighted by Gasteiger charge is -2.33. The van der Waals surface area contributed by atoms with Crippen LogP contribution in [0.25, 0.3) is 0 Å². The van der Waals surface area contributed by atoms with Gasteiger partial charge < -0.3 is 52.4 Å². The van der Waals surface area contributed by atoms with E-state index in [0.29, 0.717) is 28.7 Å². The van der Waals surface area contributed by atoms with Crippen LogP contribution in [0.1, 0.15) is 90.5 Å². The van der Waals surface area contributed by atoms with Crippen LogP contribution in [-0.2, 0) is 23.7 Å². The fourth-order valence-electron chi connectivity index (χ4n) is 8.68. The van der Waals surface area contributed by atoms with Crippen LogP contribution in [0.5, 0.6) is 51.7 Å². The lowest BCUT2D eigenvalue weighted by atomic mass is 9.69. The predicted molar refractivity (Wildman–Crippen MR) is 283 cm³/mol. The number of nitriles is 2. The van der Waals surface area contributed by atoms with E-state index in [4.69, 9.17) is 42.6 Å². The molecule has 0 heterocycles. The number of hydrogen-bond acceptors (Lipinski definition) is 13. The summed E-state index contributed by atoms with van der Waals surface area (Å²) in [6.07, 6.45) is 5.11. The van der Waals surface area contributed by atoms with E-state index in [1.807, 2.05) is 54.6 Å². The molecule has 0 N–H and O–H groups in total. The molecule has 0 fully saturated rings. The molecule has 70 heavy (non-hydrogen) atoms. The van der Waals surface area contributed by atoms with Gasteiger partial charge in [-0.1, -0.05) is 60.7 Å². The Hall–Kier alpha value is -6.02. The Morgan fingerprint density at radius 1 is 0.429 bits per heavy atom. The van der Waals surface area contributed by atoms with Gasteiger partial charge in [0.05, 0.1) is 87.0 Å². The maximum atomic E-state index is 10.4. The number of ether oxygens (including phenoxy) is 9. The van der Waals surface area contributed by atoms with E-state index in [1.165, 1.54) is 11.1 Å². The molecule has 13 heteroatoms. The Morgan fingerprint density at radius 3 is 1.09 bits per heavy atom. The molecule has 0 bridgehead atoms. The second kappa shape index (κ2) is 30.6. The van der Waals surface area contributed by atoms with Crippen LogP contribution in [0.3, 0.4) is 0 Å². The second-order valence-corrected chi connectivity index (χ2v) is 17.7. The molecule has 0 amide bonds. The Balaban J connectivity index is 0.000000682. The number of benzene rings is 4. The molecule has 0 aromatic heterocycles. The largest absolute Gasteiger partial charge is 0.493 e. The van der Waals surface area contributed by atoms with Crippen LogP contribution in [0.2, 0.25) is 0 Å². The first-order valence-electron chi connectivity index (χ1n) is 23.3. The van der Waals surface area contributed by atoms with E-state index < -0.39 is 10.8 Å². The average Bonchev–Trinajstić information content (AvgIpc) is 3.36. The Kier molecular flexibility index (Phi) is 27.1. The van der Waals surface area contributed by atoms with Gasteiger partial charge in [0, 0.05) is 13.1 Å². The van der Waals surface area contributed by atoms with E-state index in [-0.39, 0.29) is 26.7 Å². The Labute approximate surface area is 422 Å². The zero-order valence-electron chi connectivity index (χ0n) is 43.5. The normalized spacial score (nSPS) is 12.4. The third kappa shape index (κ3) is 15.7. The fourth-order valence-corrected chi connectivity index (χ4v) is 8.68. The average molecular weight is 971 g/mol. The molecule has 0 spiro atoms. The van der Waals surface area contributed by atoms with Crippen molar-refractivity contribution in [3.05, 3.63) is 89.0 Å². The Bertz CT molecular complexity index is 2230. The highest BCUT2D eigenvalue weighted by Crippen LogP contribution is 2.45. The summed E-state index contributed by atoms with van der Waals surface area (Å²) >= 11 is 0. The zero-order chi connectivity index (χ0) is 50.4. The topological polar surface area (TPSA) is 137 Å². The van der Waals surface area contributed by atoms with Crippen LogP contribution in [0.15, 0.2) is 66.7 Å². The summed E-state index contributed by atoms with van der Waals surface area (Å²) in [6.45, 7) is 12.0. The molecule has 0 radical (unpaired) electrons. The smallest absolute Gasteiger partial charge is 0.203 e. The molecule has 4 aromatic rings. The molecule has 2 atom stereocenters. The van der Waals surface area contributed by atoms with Crippen molar-refractivity contribution in [2.24, 2.45) is 11.8 Å². The van der Waals surface area contributed by atoms with Crippen LogP contribution >= 0.6 is 0 Å². The van der Waals surface area contributed by atoms with E-state index >= 15 is 0 Å². The summed E-state index contributed by atoms with van der Waals surface area (Å²) in [5.41, 5.74) is 3.02. The molecule has 13 nitrogen and oxygen atoms in total. The SMILES string of the molecule is C.C.COc1ccc(CCN(C)CCCC(C#N)(c2cc(OC)c(OC)c(OC)c2)C(C)C)cc1OC.COc1ccc(CCN(C)CCCC(C#N)(c2ccc(OC)c(OC)c2)C(C)C)cc1OC. The first kappa shape index (κ1) is 62.0. The van der Waals surface area contributed by atoms with Crippen LogP contribution in [0, 0.1) is 34.5 Å². The van der Waals surface area contributed by atoms with Gasteiger partial charge in [-0.15, -0.1) is 0 Å². The minimum absolute atomic E-state index is 0. The van der Waals surface area contributed by atoms with Crippen molar-refractivity contribution >= 4 is 0 Å². The minimum atomic E-state index is -0.670. The van der Waals surface area contributed by atoms with E-state index in [9.17, 15) is 10.5 Å². The highest BCUT2D eigenvalue weighted by atomic mass is 16.5. The van der Waals surface area contributed by atoms with Crippen LogP contribution in [0.4, 0.5) is 0 Å². The molecule has 388 valence electrons. The molecule has 0 saturated carbocycles. The van der Waals surface area contributed by atoms with Crippen molar-refractivity contribution in [2.75, 3.05) is 104 Å².